The highest BCUT2D eigenvalue weighted by molar-refractivity contribution is 7.97. The van der Waals surface area contributed by atoms with Crippen LogP contribution in [0.1, 0.15) is 35.2 Å². The molecule has 1 aliphatic heterocycles. The number of hydrogen-bond donors (Lipinski definition) is 1. The average molecular weight is 311 g/mol. The third-order valence-electron chi connectivity index (χ3n) is 3.64. The van der Waals surface area contributed by atoms with E-state index in [9.17, 15) is 19.1 Å². The maximum Gasteiger partial charge on any atom is 0.326 e. The van der Waals surface area contributed by atoms with E-state index < -0.39 is 12.0 Å². The molecular formula is C15H18FNO3S. The average Bonchev–Trinajstić information content (AvgIpc) is 2.49. The number of nitrogens with zero attached hydrogens (tertiary/aromatic N) is 1. The lowest BCUT2D eigenvalue weighted by Crippen LogP contribution is -2.48. The van der Waals surface area contributed by atoms with Crippen molar-refractivity contribution < 1.29 is 19.1 Å². The first-order chi connectivity index (χ1) is 10.0. The number of thioether (sulfide) groups is 1. The Kier molecular flexibility index (Phi) is 5.22. The number of carbonyl (C=O) groups excluding carboxylic acids is 1. The molecule has 1 fully saturated rings. The quantitative estimate of drug-likeness (QED) is 0.929. The van der Waals surface area contributed by atoms with Gasteiger partial charge in [-0.25, -0.2) is 9.18 Å². The van der Waals surface area contributed by atoms with E-state index in [4.69, 9.17) is 0 Å². The first-order valence-corrected chi connectivity index (χ1v) is 8.25. The zero-order valence-electron chi connectivity index (χ0n) is 11.8. The van der Waals surface area contributed by atoms with Gasteiger partial charge in [0.05, 0.1) is 0 Å². The summed E-state index contributed by atoms with van der Waals surface area (Å²) in [5, 5.41) is 9.23. The molecule has 1 aromatic carbocycles. The van der Waals surface area contributed by atoms with Gasteiger partial charge in [0, 0.05) is 17.9 Å². The molecule has 1 aliphatic rings. The Morgan fingerprint density at radius 1 is 1.43 bits per heavy atom. The van der Waals surface area contributed by atoms with Gasteiger partial charge in [0.15, 0.2) is 0 Å². The molecule has 6 heteroatoms. The van der Waals surface area contributed by atoms with Gasteiger partial charge in [-0.05, 0) is 49.3 Å². The van der Waals surface area contributed by atoms with Gasteiger partial charge in [0.25, 0.3) is 5.91 Å². The lowest BCUT2D eigenvalue weighted by molar-refractivity contribution is -0.143. The Morgan fingerprint density at radius 3 is 2.86 bits per heavy atom. The van der Waals surface area contributed by atoms with Gasteiger partial charge in [0.1, 0.15) is 11.9 Å². The van der Waals surface area contributed by atoms with E-state index in [1.54, 1.807) is 0 Å². The molecule has 1 N–H and O–H groups in total. The molecule has 114 valence electrons. The van der Waals surface area contributed by atoms with Gasteiger partial charge in [-0.1, -0.05) is 0 Å². The lowest BCUT2D eigenvalue weighted by atomic mass is 10.0. The normalized spacial score (nSPS) is 18.6. The van der Waals surface area contributed by atoms with Crippen molar-refractivity contribution in [2.24, 2.45) is 0 Å². The van der Waals surface area contributed by atoms with E-state index in [2.05, 4.69) is 0 Å². The van der Waals surface area contributed by atoms with Crippen LogP contribution >= 0.6 is 11.8 Å². The van der Waals surface area contributed by atoms with Crippen molar-refractivity contribution >= 4 is 23.6 Å². The summed E-state index contributed by atoms with van der Waals surface area (Å²) in [6, 6.07) is 3.45. The number of piperidine rings is 1. The van der Waals surface area contributed by atoms with Crippen LogP contribution in [0.4, 0.5) is 4.39 Å². The SMILES string of the molecule is CSCc1cc(C(=O)N2CCCC[C@H]2C(=O)O)ccc1F. The zero-order valence-corrected chi connectivity index (χ0v) is 12.7. The summed E-state index contributed by atoms with van der Waals surface area (Å²) < 4.78 is 13.6. The predicted molar refractivity (Wildman–Crippen MR) is 79.9 cm³/mol. The van der Waals surface area contributed by atoms with Crippen LogP contribution < -0.4 is 0 Å². The molecule has 0 bridgehead atoms. The molecule has 21 heavy (non-hydrogen) atoms. The first kappa shape index (κ1) is 15.8. The summed E-state index contributed by atoms with van der Waals surface area (Å²) >= 11 is 1.47. The summed E-state index contributed by atoms with van der Waals surface area (Å²) in [4.78, 5) is 25.2. The number of carboxylic acid groups (broad SMARTS) is 1. The van der Waals surface area contributed by atoms with Crippen LogP contribution in [-0.4, -0.2) is 40.7 Å². The van der Waals surface area contributed by atoms with Crippen molar-refractivity contribution in [2.45, 2.75) is 31.1 Å². The maximum absolute atomic E-state index is 13.6. The summed E-state index contributed by atoms with van der Waals surface area (Å²) in [6.07, 6.45) is 3.94. The summed E-state index contributed by atoms with van der Waals surface area (Å²) in [6.45, 7) is 0.436. The van der Waals surface area contributed by atoms with Gasteiger partial charge in [0.2, 0.25) is 0 Å². The number of likely N-dealkylation sites (tertiary alicyclic amines) is 1. The Balaban J connectivity index is 2.25. The highest BCUT2D eigenvalue weighted by Crippen LogP contribution is 2.22. The van der Waals surface area contributed by atoms with E-state index in [-0.39, 0.29) is 11.7 Å². The fraction of sp³-hybridized carbons (Fsp3) is 0.467. The summed E-state index contributed by atoms with van der Waals surface area (Å²) in [7, 11) is 0. The van der Waals surface area contributed by atoms with Crippen LogP contribution in [0, 0.1) is 5.82 Å². The number of hydrogen-bond acceptors (Lipinski definition) is 3. The van der Waals surface area contributed by atoms with Crippen LogP contribution in [-0.2, 0) is 10.5 Å². The Hall–Kier alpha value is -1.56. The molecule has 0 spiro atoms. The van der Waals surface area contributed by atoms with Crippen molar-refractivity contribution in [1.82, 2.24) is 4.90 Å². The van der Waals surface area contributed by atoms with Crippen LogP contribution in [0.5, 0.6) is 0 Å². The number of benzene rings is 1. The third-order valence-corrected chi connectivity index (χ3v) is 4.24. The molecule has 2 rings (SSSR count). The first-order valence-electron chi connectivity index (χ1n) is 6.85. The number of aliphatic carboxylic acids is 1. The summed E-state index contributed by atoms with van der Waals surface area (Å²) in [5.74, 6) is -1.16. The van der Waals surface area contributed by atoms with E-state index in [1.807, 2.05) is 6.26 Å². The molecule has 0 aromatic heterocycles. The summed E-state index contributed by atoms with van der Waals surface area (Å²) in [5.41, 5.74) is 0.825. The number of carbonyl (C=O) groups is 2. The number of carboxylic acids is 1. The van der Waals surface area contributed by atoms with Gasteiger partial charge < -0.3 is 10.0 Å². The third kappa shape index (κ3) is 3.56. The van der Waals surface area contributed by atoms with E-state index in [0.717, 1.165) is 12.8 Å². The van der Waals surface area contributed by atoms with Gasteiger partial charge in [-0.2, -0.15) is 11.8 Å². The van der Waals surface area contributed by atoms with Gasteiger partial charge in [-0.3, -0.25) is 4.79 Å². The van der Waals surface area contributed by atoms with Crippen LogP contribution in [0.2, 0.25) is 0 Å². The van der Waals surface area contributed by atoms with Crippen molar-refractivity contribution in [2.75, 3.05) is 12.8 Å². The number of halogens is 1. The fourth-order valence-corrected chi connectivity index (χ4v) is 3.10. The second kappa shape index (κ2) is 6.93. The molecule has 0 unspecified atom stereocenters. The van der Waals surface area contributed by atoms with Crippen LogP contribution in [0.3, 0.4) is 0 Å². The highest BCUT2D eigenvalue weighted by atomic mass is 32.2. The van der Waals surface area contributed by atoms with Crippen molar-refractivity contribution in [3.63, 3.8) is 0 Å². The Morgan fingerprint density at radius 2 is 2.19 bits per heavy atom. The highest BCUT2D eigenvalue weighted by Gasteiger charge is 2.32. The zero-order chi connectivity index (χ0) is 15.4. The van der Waals surface area contributed by atoms with E-state index in [0.29, 0.717) is 29.8 Å². The van der Waals surface area contributed by atoms with Crippen molar-refractivity contribution in [3.05, 3.63) is 35.1 Å². The topological polar surface area (TPSA) is 57.6 Å². The van der Waals surface area contributed by atoms with Crippen molar-refractivity contribution in [1.29, 1.82) is 0 Å². The smallest absolute Gasteiger partial charge is 0.326 e. The standard InChI is InChI=1S/C15H18FNO3S/c1-21-9-11-8-10(5-6-12(11)16)14(18)17-7-3-2-4-13(17)15(19)20/h5-6,8,13H,2-4,7,9H2,1H3,(H,19,20)/t13-/m0/s1. The molecule has 0 aliphatic carbocycles. The van der Waals surface area contributed by atoms with Crippen LogP contribution in [0.15, 0.2) is 18.2 Å². The minimum absolute atomic E-state index is 0.329. The molecule has 0 saturated carbocycles. The maximum atomic E-state index is 13.6. The minimum Gasteiger partial charge on any atom is -0.480 e. The van der Waals surface area contributed by atoms with Gasteiger partial charge >= 0.3 is 5.97 Å². The second-order valence-electron chi connectivity index (χ2n) is 5.09. The number of amides is 1. The molecule has 1 aromatic rings. The van der Waals surface area contributed by atoms with Gasteiger partial charge in [-0.15, -0.1) is 0 Å². The van der Waals surface area contributed by atoms with Crippen molar-refractivity contribution in [3.8, 4) is 0 Å². The lowest BCUT2D eigenvalue weighted by Gasteiger charge is -2.33. The van der Waals surface area contributed by atoms with E-state index in [1.165, 1.54) is 34.9 Å². The Bertz CT molecular complexity index is 550. The monoisotopic (exact) mass is 311 g/mol. The molecular weight excluding hydrogens is 293 g/mol. The minimum atomic E-state index is -0.977. The largest absolute Gasteiger partial charge is 0.480 e. The molecule has 1 amide bonds. The molecule has 0 radical (unpaired) electrons. The van der Waals surface area contributed by atoms with Crippen LogP contribution in [0.25, 0.3) is 0 Å². The number of rotatable bonds is 4. The molecule has 1 saturated heterocycles. The molecule has 4 nitrogen and oxygen atoms in total. The second-order valence-corrected chi connectivity index (χ2v) is 5.95. The molecule has 1 atom stereocenters. The van der Waals surface area contributed by atoms with E-state index >= 15 is 0 Å². The molecule has 1 heterocycles. The fourth-order valence-electron chi connectivity index (χ4n) is 2.57. The predicted octanol–water partition coefficient (Wildman–Crippen LogP) is 2.77. The Labute approximate surface area is 127 Å².